The number of carboxylic acids is 2. The van der Waals surface area contributed by atoms with E-state index in [4.69, 9.17) is 24.3 Å². The summed E-state index contributed by atoms with van der Waals surface area (Å²) in [5.41, 5.74) is 3.57. The van der Waals surface area contributed by atoms with Gasteiger partial charge >= 0.3 is 24.3 Å². The van der Waals surface area contributed by atoms with Gasteiger partial charge in [0.2, 0.25) is 0 Å². The molecular formula is C22H26F6N4O5. The van der Waals surface area contributed by atoms with Crippen molar-refractivity contribution in [1.29, 1.82) is 0 Å². The highest BCUT2D eigenvalue weighted by Crippen LogP contribution is 2.33. The number of alkyl halides is 6. The summed E-state index contributed by atoms with van der Waals surface area (Å²) < 4.78 is 68.8. The van der Waals surface area contributed by atoms with Crippen LogP contribution in [0.5, 0.6) is 0 Å². The fourth-order valence-electron chi connectivity index (χ4n) is 3.40. The van der Waals surface area contributed by atoms with E-state index in [9.17, 15) is 26.3 Å². The molecule has 0 atom stereocenters. The minimum Gasteiger partial charge on any atom is -0.475 e. The number of rotatable bonds is 4. The summed E-state index contributed by atoms with van der Waals surface area (Å²) in [5.74, 6) is -2.52. The molecule has 1 saturated carbocycles. The standard InChI is InChI=1S/C18H24N4O.2C2HF3O2/c1-13-17(14(2)23-20-13)12-21-8-9-22(10-15-5-6-15)18-16(11-21)4-3-7-19-18;2*3-2(4,5)1(6)7/h3-4,7,15H,5-6,8-12H2,1-2H3;2*(H,6,7). The summed E-state index contributed by atoms with van der Waals surface area (Å²) in [7, 11) is 0. The van der Waals surface area contributed by atoms with Crippen LogP contribution in [0, 0.1) is 19.8 Å². The summed E-state index contributed by atoms with van der Waals surface area (Å²) in [6, 6.07) is 4.27. The molecule has 0 spiro atoms. The van der Waals surface area contributed by atoms with E-state index in [2.05, 4.69) is 26.0 Å². The van der Waals surface area contributed by atoms with E-state index in [-0.39, 0.29) is 0 Å². The summed E-state index contributed by atoms with van der Waals surface area (Å²) in [6.45, 7) is 9.11. The number of carboxylic acid groups (broad SMARTS) is 2. The Hall–Kier alpha value is -3.36. The molecule has 2 N–H and O–H groups in total. The molecule has 0 unspecified atom stereocenters. The average molecular weight is 540 g/mol. The highest BCUT2D eigenvalue weighted by molar-refractivity contribution is 5.73. The van der Waals surface area contributed by atoms with Gasteiger partial charge in [0.25, 0.3) is 0 Å². The van der Waals surface area contributed by atoms with Crippen molar-refractivity contribution in [3.05, 3.63) is 40.9 Å². The van der Waals surface area contributed by atoms with Crippen LogP contribution < -0.4 is 4.90 Å². The minimum atomic E-state index is -5.08. The first kappa shape index (κ1) is 29.9. The number of pyridine rings is 1. The van der Waals surface area contributed by atoms with Gasteiger partial charge in [-0.1, -0.05) is 11.2 Å². The summed E-state index contributed by atoms with van der Waals surface area (Å²) in [5, 5.41) is 18.3. The van der Waals surface area contributed by atoms with Crippen molar-refractivity contribution in [2.75, 3.05) is 24.5 Å². The largest absolute Gasteiger partial charge is 0.490 e. The van der Waals surface area contributed by atoms with Crippen molar-refractivity contribution in [2.45, 2.75) is 52.1 Å². The Bertz CT molecular complexity index is 1030. The quantitative estimate of drug-likeness (QED) is 0.550. The first-order valence-corrected chi connectivity index (χ1v) is 11.0. The number of halogens is 6. The molecule has 0 bridgehead atoms. The monoisotopic (exact) mass is 540 g/mol. The van der Waals surface area contributed by atoms with Gasteiger partial charge in [-0.15, -0.1) is 0 Å². The Balaban J connectivity index is 0.000000286. The predicted octanol–water partition coefficient (Wildman–Crippen LogP) is 4.19. The van der Waals surface area contributed by atoms with Gasteiger partial charge in [-0.2, -0.15) is 26.3 Å². The summed E-state index contributed by atoms with van der Waals surface area (Å²) >= 11 is 0. The third kappa shape index (κ3) is 9.55. The van der Waals surface area contributed by atoms with Gasteiger partial charge in [-0.3, -0.25) is 4.90 Å². The molecule has 4 rings (SSSR count). The van der Waals surface area contributed by atoms with Gasteiger partial charge in [-0.05, 0) is 38.7 Å². The maximum absolute atomic E-state index is 10.6. The van der Waals surface area contributed by atoms with Gasteiger partial charge in [0.15, 0.2) is 0 Å². The number of aromatic nitrogens is 2. The second-order valence-corrected chi connectivity index (χ2v) is 8.49. The smallest absolute Gasteiger partial charge is 0.475 e. The summed E-state index contributed by atoms with van der Waals surface area (Å²) in [6.07, 6.45) is -5.49. The van der Waals surface area contributed by atoms with Gasteiger partial charge in [0.05, 0.1) is 5.69 Å². The Labute approximate surface area is 207 Å². The van der Waals surface area contributed by atoms with Crippen LogP contribution in [0.25, 0.3) is 0 Å². The van der Waals surface area contributed by atoms with Crippen molar-refractivity contribution in [3.8, 4) is 0 Å². The number of carbonyl (C=O) groups is 2. The van der Waals surface area contributed by atoms with Crippen molar-refractivity contribution >= 4 is 17.8 Å². The number of anilines is 1. The molecule has 206 valence electrons. The molecule has 0 amide bonds. The molecule has 37 heavy (non-hydrogen) atoms. The Morgan fingerprint density at radius 2 is 1.62 bits per heavy atom. The Morgan fingerprint density at radius 3 is 2.08 bits per heavy atom. The van der Waals surface area contributed by atoms with Crippen LogP contribution in [0.2, 0.25) is 0 Å². The van der Waals surface area contributed by atoms with Gasteiger partial charge < -0.3 is 19.6 Å². The highest BCUT2D eigenvalue weighted by Gasteiger charge is 2.39. The van der Waals surface area contributed by atoms with Crippen LogP contribution >= 0.6 is 0 Å². The van der Waals surface area contributed by atoms with Gasteiger partial charge in [0.1, 0.15) is 11.6 Å². The van der Waals surface area contributed by atoms with Crippen LogP contribution in [0.4, 0.5) is 32.2 Å². The molecule has 3 heterocycles. The molecule has 15 heteroatoms. The number of hydrogen-bond donors (Lipinski definition) is 2. The number of nitrogens with zero attached hydrogens (tertiary/aromatic N) is 4. The molecule has 2 aliphatic rings. The van der Waals surface area contributed by atoms with Crippen molar-refractivity contribution in [1.82, 2.24) is 15.0 Å². The fourth-order valence-corrected chi connectivity index (χ4v) is 3.40. The number of fused-ring (bicyclic) bond motifs is 1. The zero-order valence-electron chi connectivity index (χ0n) is 19.9. The van der Waals surface area contributed by atoms with Gasteiger partial charge in [0, 0.05) is 50.0 Å². The third-order valence-corrected chi connectivity index (χ3v) is 5.47. The molecule has 1 fully saturated rings. The van der Waals surface area contributed by atoms with Crippen molar-refractivity contribution in [2.24, 2.45) is 5.92 Å². The average Bonchev–Trinajstić information content (AvgIpc) is 3.58. The second-order valence-electron chi connectivity index (χ2n) is 8.49. The van der Waals surface area contributed by atoms with E-state index in [1.807, 2.05) is 26.1 Å². The Morgan fingerprint density at radius 1 is 1.05 bits per heavy atom. The lowest BCUT2D eigenvalue weighted by atomic mass is 10.1. The molecule has 1 aliphatic heterocycles. The molecule has 0 radical (unpaired) electrons. The van der Waals surface area contributed by atoms with E-state index < -0.39 is 24.3 Å². The fraction of sp³-hybridized carbons (Fsp3) is 0.545. The number of hydrogen-bond acceptors (Lipinski definition) is 7. The first-order valence-electron chi connectivity index (χ1n) is 11.0. The van der Waals surface area contributed by atoms with Crippen LogP contribution in [0.1, 0.15) is 35.4 Å². The normalized spacial score (nSPS) is 15.9. The SMILES string of the molecule is Cc1noc(C)c1CN1CCN(CC2CC2)c2ncccc2C1.O=C(O)C(F)(F)F.O=C(O)C(F)(F)F. The maximum atomic E-state index is 10.6. The van der Waals surface area contributed by atoms with Crippen molar-refractivity contribution in [3.63, 3.8) is 0 Å². The number of aryl methyl sites for hydroxylation is 2. The lowest BCUT2D eigenvalue weighted by molar-refractivity contribution is -0.193. The Kier molecular flexibility index (Phi) is 9.89. The lowest BCUT2D eigenvalue weighted by Crippen LogP contribution is -2.33. The predicted molar refractivity (Wildman–Crippen MR) is 117 cm³/mol. The first-order chi connectivity index (χ1) is 17.1. The van der Waals surface area contributed by atoms with Crippen LogP contribution in [-0.2, 0) is 22.7 Å². The van der Waals surface area contributed by atoms with E-state index in [0.717, 1.165) is 50.1 Å². The minimum absolute atomic E-state index is 0.874. The zero-order valence-corrected chi connectivity index (χ0v) is 19.9. The van der Waals surface area contributed by atoms with Crippen LogP contribution in [-0.4, -0.2) is 69.2 Å². The van der Waals surface area contributed by atoms with Crippen molar-refractivity contribution < 1.29 is 50.7 Å². The topological polar surface area (TPSA) is 120 Å². The molecule has 2 aromatic heterocycles. The van der Waals surface area contributed by atoms with Crippen LogP contribution in [0.15, 0.2) is 22.9 Å². The highest BCUT2D eigenvalue weighted by atomic mass is 19.4. The molecule has 1 aliphatic carbocycles. The molecule has 9 nitrogen and oxygen atoms in total. The lowest BCUT2D eigenvalue weighted by Gasteiger charge is -2.23. The molecule has 2 aromatic rings. The van der Waals surface area contributed by atoms with Gasteiger partial charge in [-0.25, -0.2) is 14.6 Å². The maximum Gasteiger partial charge on any atom is 0.490 e. The molecule has 0 aromatic carbocycles. The third-order valence-electron chi connectivity index (χ3n) is 5.47. The zero-order chi connectivity index (χ0) is 28.0. The molecule has 0 saturated heterocycles. The van der Waals surface area contributed by atoms with E-state index in [1.54, 1.807) is 0 Å². The number of aliphatic carboxylic acids is 2. The van der Waals surface area contributed by atoms with E-state index >= 15 is 0 Å². The van der Waals surface area contributed by atoms with E-state index in [1.165, 1.54) is 29.8 Å². The summed E-state index contributed by atoms with van der Waals surface area (Å²) in [4.78, 5) is 27.4. The van der Waals surface area contributed by atoms with Crippen LogP contribution in [0.3, 0.4) is 0 Å². The second kappa shape index (κ2) is 12.3. The molecular weight excluding hydrogens is 514 g/mol. The van der Waals surface area contributed by atoms with E-state index in [0.29, 0.717) is 0 Å².